The zero-order valence-corrected chi connectivity index (χ0v) is 11.1. The molecule has 0 radical (unpaired) electrons. The Hall–Kier alpha value is -2.14. The quantitative estimate of drug-likeness (QED) is 0.812. The molecule has 19 heavy (non-hydrogen) atoms. The monoisotopic (exact) mass is 260 g/mol. The van der Waals surface area contributed by atoms with Gasteiger partial charge < -0.3 is 14.6 Å². The first-order valence-corrected chi connectivity index (χ1v) is 6.20. The Morgan fingerprint density at radius 1 is 1.42 bits per heavy atom. The maximum atomic E-state index is 11.8. The number of nitrogens with zero attached hydrogens (tertiary/aromatic N) is 1. The van der Waals surface area contributed by atoms with E-state index in [-0.39, 0.29) is 11.9 Å². The molecule has 0 fully saturated rings. The van der Waals surface area contributed by atoms with Gasteiger partial charge in [0.05, 0.1) is 26.9 Å². The molecule has 2 N–H and O–H groups in total. The average Bonchev–Trinajstić information content (AvgIpc) is 2.93. The molecule has 5 nitrogen and oxygen atoms in total. The largest absolute Gasteiger partial charge is 0.459 e. The van der Waals surface area contributed by atoms with Gasteiger partial charge in [0.25, 0.3) is 5.91 Å². The van der Waals surface area contributed by atoms with Crippen LogP contribution in [0.3, 0.4) is 0 Å². The Balaban J connectivity index is 2.01. The first-order chi connectivity index (χ1) is 9.18. The fraction of sp³-hybridized carbons (Fsp3) is 0.286. The topological polar surface area (TPSA) is 59.6 Å². The number of furan rings is 1. The van der Waals surface area contributed by atoms with Crippen molar-refractivity contribution >= 4 is 5.91 Å². The van der Waals surface area contributed by atoms with Crippen LogP contribution in [-0.2, 0) is 0 Å². The minimum Gasteiger partial charge on any atom is -0.459 e. The van der Waals surface area contributed by atoms with Crippen LogP contribution in [0, 0.1) is 0 Å². The van der Waals surface area contributed by atoms with Crippen molar-refractivity contribution in [2.45, 2.75) is 6.04 Å². The predicted molar refractivity (Wildman–Crippen MR) is 70.8 cm³/mol. The van der Waals surface area contributed by atoms with E-state index in [1.807, 2.05) is 18.3 Å². The molecule has 2 aromatic rings. The number of pyridine rings is 1. The molecule has 0 saturated carbocycles. The van der Waals surface area contributed by atoms with E-state index in [1.54, 1.807) is 18.3 Å². The predicted octanol–water partition coefficient (Wildman–Crippen LogP) is 0.290. The molecule has 2 aromatic heterocycles. The van der Waals surface area contributed by atoms with Gasteiger partial charge in [-0.3, -0.25) is 9.78 Å². The Morgan fingerprint density at radius 3 is 2.84 bits per heavy atom. The summed E-state index contributed by atoms with van der Waals surface area (Å²) in [5.74, 6) is 0.138. The van der Waals surface area contributed by atoms with Crippen LogP contribution in [-0.4, -0.2) is 31.5 Å². The average molecular weight is 260 g/mol. The van der Waals surface area contributed by atoms with Gasteiger partial charge in [0.2, 0.25) is 0 Å². The van der Waals surface area contributed by atoms with Crippen LogP contribution < -0.4 is 10.2 Å². The van der Waals surface area contributed by atoms with E-state index in [0.29, 0.717) is 12.3 Å². The van der Waals surface area contributed by atoms with Gasteiger partial charge in [0.15, 0.2) is 5.76 Å². The van der Waals surface area contributed by atoms with E-state index >= 15 is 0 Å². The Bertz CT molecular complexity index is 509. The minimum absolute atomic E-state index is 0.160. The number of amides is 1. The van der Waals surface area contributed by atoms with Gasteiger partial charge in [-0.2, -0.15) is 0 Å². The van der Waals surface area contributed by atoms with Gasteiger partial charge in [-0.05, 0) is 24.3 Å². The van der Waals surface area contributed by atoms with Crippen molar-refractivity contribution in [3.63, 3.8) is 0 Å². The molecule has 0 saturated heterocycles. The number of nitrogens with one attached hydrogen (secondary N) is 2. The molecule has 0 aliphatic rings. The number of carbonyl (C=O) groups excluding carboxylic acids is 1. The summed E-state index contributed by atoms with van der Waals surface area (Å²) in [6.07, 6.45) is 5.06. The van der Waals surface area contributed by atoms with Gasteiger partial charge in [-0.15, -0.1) is 0 Å². The fourth-order valence-electron chi connectivity index (χ4n) is 1.93. The Labute approximate surface area is 112 Å². The first kappa shape index (κ1) is 13.3. The summed E-state index contributed by atoms with van der Waals surface area (Å²) in [7, 11) is 4.10. The second-order valence-electron chi connectivity index (χ2n) is 4.60. The molecule has 0 bridgehead atoms. The highest BCUT2D eigenvalue weighted by molar-refractivity contribution is 5.91. The lowest BCUT2D eigenvalue weighted by molar-refractivity contribution is -0.890. The molecule has 1 atom stereocenters. The van der Waals surface area contributed by atoms with E-state index in [9.17, 15) is 4.79 Å². The third-order valence-electron chi connectivity index (χ3n) is 3.00. The third-order valence-corrected chi connectivity index (χ3v) is 3.00. The zero-order chi connectivity index (χ0) is 13.7. The molecule has 2 heterocycles. The maximum Gasteiger partial charge on any atom is 0.287 e. The first-order valence-electron chi connectivity index (χ1n) is 6.20. The highest BCUT2D eigenvalue weighted by Gasteiger charge is 2.19. The molecule has 5 heteroatoms. The zero-order valence-electron chi connectivity index (χ0n) is 11.1. The number of aromatic nitrogens is 1. The van der Waals surface area contributed by atoms with Crippen molar-refractivity contribution < 1.29 is 14.1 Å². The van der Waals surface area contributed by atoms with Crippen molar-refractivity contribution in [2.24, 2.45) is 0 Å². The van der Waals surface area contributed by atoms with E-state index in [0.717, 1.165) is 5.56 Å². The lowest BCUT2D eigenvalue weighted by atomic mass is 10.1. The van der Waals surface area contributed by atoms with Crippen LogP contribution in [0.1, 0.15) is 22.2 Å². The number of quaternary nitrogens is 1. The molecule has 0 aromatic carbocycles. The molecule has 1 unspecified atom stereocenters. The van der Waals surface area contributed by atoms with E-state index in [1.165, 1.54) is 11.2 Å². The van der Waals surface area contributed by atoms with Gasteiger partial charge in [-0.25, -0.2) is 0 Å². The van der Waals surface area contributed by atoms with Gasteiger partial charge in [-0.1, -0.05) is 0 Å². The van der Waals surface area contributed by atoms with E-state index in [2.05, 4.69) is 24.4 Å². The SMILES string of the molecule is C[NH+](C)C(CNC(=O)c1ccco1)c1cccnc1. The van der Waals surface area contributed by atoms with Crippen LogP contribution in [0.15, 0.2) is 47.3 Å². The maximum absolute atomic E-state index is 11.8. The fourth-order valence-corrected chi connectivity index (χ4v) is 1.93. The lowest BCUT2D eigenvalue weighted by Gasteiger charge is -2.21. The number of carbonyl (C=O) groups is 1. The molecule has 0 spiro atoms. The van der Waals surface area contributed by atoms with E-state index in [4.69, 9.17) is 4.42 Å². The number of likely N-dealkylation sites (N-methyl/N-ethyl adjacent to an activating group) is 1. The molecule has 1 amide bonds. The van der Waals surface area contributed by atoms with Crippen LogP contribution in [0.25, 0.3) is 0 Å². The Kier molecular flexibility index (Phi) is 4.30. The summed E-state index contributed by atoms with van der Waals surface area (Å²) < 4.78 is 5.06. The highest BCUT2D eigenvalue weighted by Crippen LogP contribution is 2.07. The summed E-state index contributed by atoms with van der Waals surface area (Å²) >= 11 is 0. The third kappa shape index (κ3) is 3.42. The summed E-state index contributed by atoms with van der Waals surface area (Å²) in [5, 5.41) is 2.88. The van der Waals surface area contributed by atoms with Crippen LogP contribution in [0.4, 0.5) is 0 Å². The molecule has 100 valence electrons. The van der Waals surface area contributed by atoms with Gasteiger partial charge in [0.1, 0.15) is 6.04 Å². The van der Waals surface area contributed by atoms with Crippen molar-refractivity contribution in [1.82, 2.24) is 10.3 Å². The molecule has 2 rings (SSSR count). The van der Waals surface area contributed by atoms with Crippen molar-refractivity contribution in [3.8, 4) is 0 Å². The van der Waals surface area contributed by atoms with Crippen molar-refractivity contribution in [3.05, 3.63) is 54.2 Å². The highest BCUT2D eigenvalue weighted by atomic mass is 16.3. The molecular formula is C14H18N3O2+. The lowest BCUT2D eigenvalue weighted by Crippen LogP contribution is -3.07. The van der Waals surface area contributed by atoms with Gasteiger partial charge >= 0.3 is 0 Å². The minimum atomic E-state index is -0.194. The van der Waals surface area contributed by atoms with Crippen LogP contribution in [0.5, 0.6) is 0 Å². The second-order valence-corrected chi connectivity index (χ2v) is 4.60. The second kappa shape index (κ2) is 6.15. The summed E-state index contributed by atoms with van der Waals surface area (Å²) in [6, 6.07) is 7.43. The van der Waals surface area contributed by atoms with Crippen molar-refractivity contribution in [2.75, 3.05) is 20.6 Å². The Morgan fingerprint density at radius 2 is 2.26 bits per heavy atom. The van der Waals surface area contributed by atoms with Crippen LogP contribution >= 0.6 is 0 Å². The van der Waals surface area contributed by atoms with E-state index < -0.39 is 0 Å². The molecule has 0 aliphatic carbocycles. The number of hydrogen-bond donors (Lipinski definition) is 2. The summed E-state index contributed by atoms with van der Waals surface area (Å²) in [5.41, 5.74) is 1.10. The summed E-state index contributed by atoms with van der Waals surface area (Å²) in [4.78, 5) is 17.2. The van der Waals surface area contributed by atoms with Crippen LogP contribution in [0.2, 0.25) is 0 Å². The standard InChI is InChI=1S/C14H17N3O2/c1-17(2)12(11-5-3-7-15-9-11)10-16-14(18)13-6-4-8-19-13/h3-9,12H,10H2,1-2H3,(H,16,18)/p+1. The number of rotatable bonds is 5. The molecule has 0 aliphatic heterocycles. The molecular weight excluding hydrogens is 242 g/mol. The normalized spacial score (nSPS) is 12.4. The van der Waals surface area contributed by atoms with Crippen molar-refractivity contribution in [1.29, 1.82) is 0 Å². The summed E-state index contributed by atoms with van der Waals surface area (Å²) in [6.45, 7) is 0.535. The number of hydrogen-bond acceptors (Lipinski definition) is 3. The smallest absolute Gasteiger partial charge is 0.287 e. The van der Waals surface area contributed by atoms with Gasteiger partial charge in [0, 0.05) is 18.0 Å².